The van der Waals surface area contributed by atoms with Crippen LogP contribution in [0.1, 0.15) is 27.5 Å². The van der Waals surface area contributed by atoms with Gasteiger partial charge in [-0.3, -0.25) is 14.4 Å². The van der Waals surface area contributed by atoms with E-state index >= 15 is 0 Å². The van der Waals surface area contributed by atoms with Crippen molar-refractivity contribution in [1.82, 2.24) is 15.1 Å². The van der Waals surface area contributed by atoms with Crippen molar-refractivity contribution in [2.45, 2.75) is 6.04 Å². The molecule has 0 bridgehead atoms. The maximum Gasteiger partial charge on any atom is 0.253 e. The Bertz CT molecular complexity index is 937. The van der Waals surface area contributed by atoms with Crippen molar-refractivity contribution in [3.05, 3.63) is 77.1 Å². The molecule has 150 valence electrons. The molecule has 6 nitrogen and oxygen atoms in total. The van der Waals surface area contributed by atoms with E-state index in [9.17, 15) is 18.8 Å². The molecule has 1 saturated heterocycles. The minimum absolute atomic E-state index is 0.0990. The lowest BCUT2D eigenvalue weighted by atomic mass is 10.0. The number of piperazine rings is 1. The van der Waals surface area contributed by atoms with Crippen LogP contribution in [0.15, 0.2) is 54.6 Å². The maximum atomic E-state index is 13.2. The van der Waals surface area contributed by atoms with Crippen LogP contribution < -0.4 is 5.32 Å². The van der Waals surface area contributed by atoms with E-state index < -0.39 is 11.9 Å². The van der Waals surface area contributed by atoms with Crippen LogP contribution in [-0.2, 0) is 9.59 Å². The highest BCUT2D eigenvalue weighted by atomic mass is 19.1. The average Bonchev–Trinajstić information content (AvgIpc) is 2.72. The molecule has 1 N–H and O–H groups in total. The number of hydrogen-bond donors (Lipinski definition) is 1. The monoisotopic (exact) mass is 395 g/mol. The van der Waals surface area contributed by atoms with E-state index in [0.29, 0.717) is 24.2 Å². The SMILES string of the molecule is CN(C)C(=O)c1ccc(/C=C/C(=O)N2CCNC(=O)C2c2ccc(F)cc2)cc1. The summed E-state index contributed by atoms with van der Waals surface area (Å²) in [6.45, 7) is 0.713. The summed E-state index contributed by atoms with van der Waals surface area (Å²) < 4.78 is 13.2. The van der Waals surface area contributed by atoms with E-state index in [1.807, 2.05) is 0 Å². The molecular formula is C22H22FN3O3. The molecule has 3 rings (SSSR count). The summed E-state index contributed by atoms with van der Waals surface area (Å²) in [6, 6.07) is 11.6. The zero-order valence-corrected chi connectivity index (χ0v) is 16.3. The fourth-order valence-corrected chi connectivity index (χ4v) is 3.14. The third kappa shape index (κ3) is 4.68. The van der Waals surface area contributed by atoms with Gasteiger partial charge in [-0.05, 0) is 41.5 Å². The van der Waals surface area contributed by atoms with Crippen LogP contribution in [-0.4, -0.2) is 54.7 Å². The van der Waals surface area contributed by atoms with Gasteiger partial charge in [0.1, 0.15) is 11.9 Å². The normalized spacial score (nSPS) is 16.6. The second-order valence-corrected chi connectivity index (χ2v) is 6.93. The maximum absolute atomic E-state index is 13.2. The minimum atomic E-state index is -0.804. The zero-order chi connectivity index (χ0) is 21.0. The van der Waals surface area contributed by atoms with Crippen molar-refractivity contribution in [1.29, 1.82) is 0 Å². The lowest BCUT2D eigenvalue weighted by Crippen LogP contribution is -2.51. The number of halogens is 1. The first-order chi connectivity index (χ1) is 13.9. The third-order valence-electron chi connectivity index (χ3n) is 4.66. The second-order valence-electron chi connectivity index (χ2n) is 6.93. The summed E-state index contributed by atoms with van der Waals surface area (Å²) in [5.41, 5.74) is 1.87. The van der Waals surface area contributed by atoms with Crippen LogP contribution in [0.4, 0.5) is 4.39 Å². The van der Waals surface area contributed by atoms with E-state index in [4.69, 9.17) is 0 Å². The predicted molar refractivity (Wildman–Crippen MR) is 107 cm³/mol. The Morgan fingerprint density at radius 1 is 1.10 bits per heavy atom. The molecular weight excluding hydrogens is 373 g/mol. The molecule has 1 atom stereocenters. The number of benzene rings is 2. The van der Waals surface area contributed by atoms with Crippen LogP contribution in [0, 0.1) is 5.82 Å². The van der Waals surface area contributed by atoms with Gasteiger partial charge in [0.25, 0.3) is 5.91 Å². The van der Waals surface area contributed by atoms with Gasteiger partial charge >= 0.3 is 0 Å². The minimum Gasteiger partial charge on any atom is -0.352 e. The van der Waals surface area contributed by atoms with Gasteiger partial charge in [-0.25, -0.2) is 4.39 Å². The Kier molecular flexibility index (Phi) is 6.07. The smallest absolute Gasteiger partial charge is 0.253 e. The Morgan fingerprint density at radius 3 is 2.38 bits per heavy atom. The Morgan fingerprint density at radius 2 is 1.76 bits per heavy atom. The second kappa shape index (κ2) is 8.68. The molecule has 2 aromatic rings. The summed E-state index contributed by atoms with van der Waals surface area (Å²) in [7, 11) is 3.36. The van der Waals surface area contributed by atoms with Gasteiger partial charge < -0.3 is 15.1 Å². The van der Waals surface area contributed by atoms with Crippen molar-refractivity contribution >= 4 is 23.8 Å². The van der Waals surface area contributed by atoms with Crippen molar-refractivity contribution in [2.24, 2.45) is 0 Å². The van der Waals surface area contributed by atoms with Gasteiger partial charge in [-0.2, -0.15) is 0 Å². The number of carbonyl (C=O) groups excluding carboxylic acids is 3. The third-order valence-corrected chi connectivity index (χ3v) is 4.66. The number of rotatable bonds is 4. The highest BCUT2D eigenvalue weighted by molar-refractivity contribution is 5.97. The highest BCUT2D eigenvalue weighted by Crippen LogP contribution is 2.24. The fourth-order valence-electron chi connectivity index (χ4n) is 3.14. The summed E-state index contributed by atoms with van der Waals surface area (Å²) in [6.07, 6.45) is 3.04. The molecule has 1 aliphatic heterocycles. The first kappa shape index (κ1) is 20.3. The number of hydrogen-bond acceptors (Lipinski definition) is 3. The Balaban J connectivity index is 1.76. The molecule has 1 unspecified atom stereocenters. The summed E-state index contributed by atoms with van der Waals surface area (Å²) >= 11 is 0. The largest absolute Gasteiger partial charge is 0.352 e. The van der Waals surface area contributed by atoms with Crippen LogP contribution in [0.25, 0.3) is 6.08 Å². The lowest BCUT2D eigenvalue weighted by Gasteiger charge is -2.34. The van der Waals surface area contributed by atoms with Crippen LogP contribution >= 0.6 is 0 Å². The molecule has 1 heterocycles. The number of nitrogens with zero attached hydrogens (tertiary/aromatic N) is 2. The Labute approximate surface area is 168 Å². The highest BCUT2D eigenvalue weighted by Gasteiger charge is 2.33. The molecule has 7 heteroatoms. The standard InChI is InChI=1S/C22H22FN3O3/c1-25(2)22(29)17-6-3-15(4-7-17)5-12-19(27)26-14-13-24-21(28)20(26)16-8-10-18(23)11-9-16/h3-12,20H,13-14H2,1-2H3,(H,24,28)/b12-5+. The molecule has 2 aromatic carbocycles. The van der Waals surface area contributed by atoms with Crippen molar-refractivity contribution in [3.63, 3.8) is 0 Å². The number of nitrogens with one attached hydrogen (secondary N) is 1. The van der Waals surface area contributed by atoms with E-state index in [-0.39, 0.29) is 17.7 Å². The molecule has 1 aliphatic rings. The molecule has 0 radical (unpaired) electrons. The lowest BCUT2D eigenvalue weighted by molar-refractivity contribution is -0.140. The van der Waals surface area contributed by atoms with E-state index in [2.05, 4.69) is 5.32 Å². The molecule has 0 aromatic heterocycles. The van der Waals surface area contributed by atoms with E-state index in [0.717, 1.165) is 5.56 Å². The molecule has 0 spiro atoms. The summed E-state index contributed by atoms with van der Waals surface area (Å²) in [4.78, 5) is 40.0. The van der Waals surface area contributed by atoms with E-state index in [1.165, 1.54) is 40.1 Å². The number of carbonyl (C=O) groups is 3. The topological polar surface area (TPSA) is 69.7 Å². The average molecular weight is 395 g/mol. The Hall–Kier alpha value is -3.48. The molecule has 0 aliphatic carbocycles. The zero-order valence-electron chi connectivity index (χ0n) is 16.3. The number of amides is 3. The van der Waals surface area contributed by atoms with Gasteiger partial charge in [-0.1, -0.05) is 24.3 Å². The quantitative estimate of drug-likeness (QED) is 0.808. The van der Waals surface area contributed by atoms with Crippen molar-refractivity contribution in [2.75, 3.05) is 27.2 Å². The fraction of sp³-hybridized carbons (Fsp3) is 0.227. The van der Waals surface area contributed by atoms with Gasteiger partial charge in [-0.15, -0.1) is 0 Å². The molecule has 0 saturated carbocycles. The van der Waals surface area contributed by atoms with Crippen LogP contribution in [0.5, 0.6) is 0 Å². The van der Waals surface area contributed by atoms with Gasteiger partial charge in [0.2, 0.25) is 11.8 Å². The molecule has 1 fully saturated rings. The van der Waals surface area contributed by atoms with Gasteiger partial charge in [0, 0.05) is 38.8 Å². The predicted octanol–water partition coefficient (Wildman–Crippen LogP) is 2.24. The summed E-state index contributed by atoms with van der Waals surface area (Å²) in [5, 5.41) is 2.74. The van der Waals surface area contributed by atoms with Crippen molar-refractivity contribution in [3.8, 4) is 0 Å². The molecule has 3 amide bonds. The van der Waals surface area contributed by atoms with Crippen molar-refractivity contribution < 1.29 is 18.8 Å². The van der Waals surface area contributed by atoms with Gasteiger partial charge in [0.15, 0.2) is 0 Å². The molecule has 29 heavy (non-hydrogen) atoms. The van der Waals surface area contributed by atoms with Crippen LogP contribution in [0.2, 0.25) is 0 Å². The van der Waals surface area contributed by atoms with E-state index in [1.54, 1.807) is 44.4 Å². The first-order valence-electron chi connectivity index (χ1n) is 9.20. The summed E-state index contributed by atoms with van der Waals surface area (Å²) in [5.74, 6) is -1.12. The van der Waals surface area contributed by atoms with Gasteiger partial charge in [0.05, 0.1) is 0 Å². The first-order valence-corrected chi connectivity index (χ1v) is 9.20. The van der Waals surface area contributed by atoms with Crippen LogP contribution in [0.3, 0.4) is 0 Å².